The number of aromatic nitrogens is 4. The Labute approximate surface area is 171 Å². The van der Waals surface area contributed by atoms with Gasteiger partial charge in [0.25, 0.3) is 5.88 Å². The molecular weight excluding hydrogens is 409 g/mol. The monoisotopic (exact) mass is 430 g/mol. The van der Waals surface area contributed by atoms with Gasteiger partial charge in [-0.2, -0.15) is 18.2 Å². The number of hydrogen-bond donors (Lipinski definition) is 0. The summed E-state index contributed by atoms with van der Waals surface area (Å²) in [5, 5.41) is 0.0805. The van der Waals surface area contributed by atoms with E-state index in [1.54, 1.807) is 4.57 Å². The molecule has 0 aliphatic heterocycles. The summed E-state index contributed by atoms with van der Waals surface area (Å²) in [4.78, 5) is 11.9. The summed E-state index contributed by atoms with van der Waals surface area (Å²) in [6.07, 6.45) is 3.37. The number of methoxy groups -OCH3 is 1. The van der Waals surface area contributed by atoms with Crippen molar-refractivity contribution in [2.75, 3.05) is 13.7 Å². The molecule has 2 aliphatic carbocycles. The Bertz CT molecular complexity index is 862. The van der Waals surface area contributed by atoms with E-state index in [4.69, 9.17) is 21.1 Å². The lowest BCUT2D eigenvalue weighted by Gasteiger charge is -2.28. The summed E-state index contributed by atoms with van der Waals surface area (Å²) in [7, 11) is 1.50. The van der Waals surface area contributed by atoms with Crippen LogP contribution in [0.5, 0.6) is 11.6 Å². The number of rotatable bonds is 6. The van der Waals surface area contributed by atoms with Gasteiger partial charge >= 0.3 is 6.18 Å². The molecule has 6 nitrogen and oxygen atoms in total. The van der Waals surface area contributed by atoms with Crippen molar-refractivity contribution in [3.8, 4) is 11.6 Å². The zero-order chi connectivity index (χ0) is 20.6. The van der Waals surface area contributed by atoms with Crippen molar-refractivity contribution in [1.29, 1.82) is 0 Å². The second kappa shape index (κ2) is 8.01. The second-order valence-corrected chi connectivity index (χ2v) is 8.00. The molecule has 2 saturated carbocycles. The van der Waals surface area contributed by atoms with Crippen LogP contribution in [0.25, 0.3) is 0 Å². The van der Waals surface area contributed by atoms with E-state index in [-0.39, 0.29) is 23.2 Å². The lowest BCUT2D eigenvalue weighted by molar-refractivity contribution is -0.141. The highest BCUT2D eigenvalue weighted by Crippen LogP contribution is 2.43. The zero-order valence-corrected chi connectivity index (χ0v) is 16.7. The molecule has 0 saturated heterocycles. The molecular formula is C19H22ClF3N4O2. The van der Waals surface area contributed by atoms with Crippen molar-refractivity contribution < 1.29 is 22.6 Å². The summed E-state index contributed by atoms with van der Waals surface area (Å²) in [6.45, 7) is 0.446. The first-order valence-corrected chi connectivity index (χ1v) is 10.1. The largest absolute Gasteiger partial charge is 0.490 e. The number of nitrogens with zero attached hydrogens (tertiary/aromatic N) is 4. The maximum absolute atomic E-state index is 13.1. The van der Waals surface area contributed by atoms with Crippen LogP contribution in [0.4, 0.5) is 13.2 Å². The van der Waals surface area contributed by atoms with Crippen molar-refractivity contribution in [1.82, 2.24) is 19.5 Å². The number of hydrogen-bond acceptors (Lipinski definition) is 5. The van der Waals surface area contributed by atoms with E-state index < -0.39 is 11.9 Å². The molecule has 2 aromatic heterocycles. The first kappa shape index (κ1) is 20.3. The summed E-state index contributed by atoms with van der Waals surface area (Å²) >= 11 is 5.81. The minimum absolute atomic E-state index is 0.0472. The second-order valence-electron chi connectivity index (χ2n) is 7.66. The molecule has 158 valence electrons. The Hall–Kier alpha value is -2.03. The normalized spacial score (nSPS) is 22.5. The van der Waals surface area contributed by atoms with Gasteiger partial charge < -0.3 is 14.0 Å². The first-order valence-electron chi connectivity index (χ1n) is 9.70. The SMILES string of the molecule is COc1cnc(Cl)nc1OCC1CCC(c2nc(C(F)(F)F)cn2C2CC2)CC1. The molecule has 0 amide bonds. The highest BCUT2D eigenvalue weighted by molar-refractivity contribution is 6.28. The van der Waals surface area contributed by atoms with Crippen LogP contribution in [0.3, 0.4) is 0 Å². The van der Waals surface area contributed by atoms with Crippen molar-refractivity contribution in [2.24, 2.45) is 5.92 Å². The van der Waals surface area contributed by atoms with E-state index in [9.17, 15) is 13.2 Å². The number of halogens is 4. The fourth-order valence-electron chi connectivity index (χ4n) is 3.85. The van der Waals surface area contributed by atoms with Gasteiger partial charge in [0, 0.05) is 18.2 Å². The fourth-order valence-corrected chi connectivity index (χ4v) is 3.98. The molecule has 10 heteroatoms. The summed E-state index contributed by atoms with van der Waals surface area (Å²) in [6, 6.07) is 0.171. The van der Waals surface area contributed by atoms with Gasteiger partial charge in [-0.25, -0.2) is 9.97 Å². The van der Waals surface area contributed by atoms with Gasteiger partial charge in [-0.1, -0.05) is 0 Å². The van der Waals surface area contributed by atoms with Gasteiger partial charge in [-0.15, -0.1) is 0 Å². The fraction of sp³-hybridized carbons (Fsp3) is 0.632. The smallest absolute Gasteiger partial charge is 0.434 e. The van der Waals surface area contributed by atoms with E-state index >= 15 is 0 Å². The van der Waals surface area contributed by atoms with Crippen LogP contribution in [0.15, 0.2) is 12.4 Å². The van der Waals surface area contributed by atoms with Crippen molar-refractivity contribution in [3.05, 3.63) is 29.2 Å². The molecule has 29 heavy (non-hydrogen) atoms. The van der Waals surface area contributed by atoms with E-state index in [1.165, 1.54) is 19.5 Å². The van der Waals surface area contributed by atoms with E-state index in [0.717, 1.165) is 38.5 Å². The van der Waals surface area contributed by atoms with E-state index in [0.29, 0.717) is 24.1 Å². The molecule has 2 fully saturated rings. The number of ether oxygens (including phenoxy) is 2. The van der Waals surface area contributed by atoms with Gasteiger partial charge in [-0.3, -0.25) is 0 Å². The van der Waals surface area contributed by atoms with Crippen LogP contribution in [0.1, 0.15) is 62.0 Å². The van der Waals surface area contributed by atoms with Crippen LogP contribution < -0.4 is 9.47 Å². The molecule has 0 spiro atoms. The molecule has 2 heterocycles. The Morgan fingerprint density at radius 2 is 1.86 bits per heavy atom. The van der Waals surface area contributed by atoms with Gasteiger partial charge in [0.15, 0.2) is 11.4 Å². The Morgan fingerprint density at radius 1 is 1.14 bits per heavy atom. The van der Waals surface area contributed by atoms with Gasteiger partial charge in [0.1, 0.15) is 5.82 Å². The molecule has 0 bridgehead atoms. The summed E-state index contributed by atoms with van der Waals surface area (Å²) < 4.78 is 52.1. The minimum Gasteiger partial charge on any atom is -0.490 e. The minimum atomic E-state index is -4.40. The predicted octanol–water partition coefficient (Wildman–Crippen LogP) is 5.04. The van der Waals surface area contributed by atoms with Crippen molar-refractivity contribution in [2.45, 2.75) is 56.7 Å². The molecule has 2 aromatic rings. The average molecular weight is 431 g/mol. The maximum atomic E-state index is 13.1. The Balaban J connectivity index is 1.38. The topological polar surface area (TPSA) is 62.1 Å². The van der Waals surface area contributed by atoms with Crippen LogP contribution in [0, 0.1) is 5.92 Å². The summed E-state index contributed by atoms with van der Waals surface area (Å²) in [5.74, 6) is 1.63. The van der Waals surface area contributed by atoms with Crippen LogP contribution in [0.2, 0.25) is 5.28 Å². The number of alkyl halides is 3. The van der Waals surface area contributed by atoms with E-state index in [1.807, 2.05) is 0 Å². The maximum Gasteiger partial charge on any atom is 0.434 e. The molecule has 0 aromatic carbocycles. The lowest BCUT2D eigenvalue weighted by atomic mass is 9.82. The first-order chi connectivity index (χ1) is 13.8. The highest BCUT2D eigenvalue weighted by atomic mass is 35.5. The molecule has 0 radical (unpaired) electrons. The molecule has 2 aliphatic rings. The average Bonchev–Trinajstić information content (AvgIpc) is 3.43. The van der Waals surface area contributed by atoms with E-state index in [2.05, 4.69) is 15.0 Å². The molecule has 0 N–H and O–H groups in total. The lowest BCUT2D eigenvalue weighted by Crippen LogP contribution is -2.21. The Morgan fingerprint density at radius 3 is 2.48 bits per heavy atom. The standard InChI is InChI=1S/C19H22ClF3N4O2/c1-28-14-8-24-18(20)26-17(14)29-10-11-2-4-12(5-3-11)16-25-15(19(21,22)23)9-27(16)13-6-7-13/h8-9,11-13H,2-7,10H2,1H3. The van der Waals surface area contributed by atoms with Gasteiger partial charge in [0.05, 0.1) is 19.9 Å². The quantitative estimate of drug-likeness (QED) is 0.601. The Kier molecular flexibility index (Phi) is 5.59. The highest BCUT2D eigenvalue weighted by Gasteiger charge is 2.39. The van der Waals surface area contributed by atoms with Crippen LogP contribution in [-0.4, -0.2) is 33.2 Å². The number of imidazole rings is 1. The third kappa shape index (κ3) is 4.60. The molecule has 0 unspecified atom stereocenters. The van der Waals surface area contributed by atoms with Gasteiger partial charge in [0.2, 0.25) is 5.28 Å². The van der Waals surface area contributed by atoms with Gasteiger partial charge in [-0.05, 0) is 56.0 Å². The molecule has 0 atom stereocenters. The zero-order valence-electron chi connectivity index (χ0n) is 16.0. The van der Waals surface area contributed by atoms with Crippen molar-refractivity contribution >= 4 is 11.6 Å². The van der Waals surface area contributed by atoms with Crippen LogP contribution >= 0.6 is 11.6 Å². The summed E-state index contributed by atoms with van der Waals surface area (Å²) in [5.41, 5.74) is -0.780. The predicted molar refractivity (Wildman–Crippen MR) is 99.3 cm³/mol. The molecule has 4 rings (SSSR count). The van der Waals surface area contributed by atoms with Crippen LogP contribution in [-0.2, 0) is 6.18 Å². The van der Waals surface area contributed by atoms with Crippen molar-refractivity contribution in [3.63, 3.8) is 0 Å². The third-order valence-corrected chi connectivity index (χ3v) is 5.75. The third-order valence-electron chi connectivity index (χ3n) is 5.57.